The van der Waals surface area contributed by atoms with Gasteiger partial charge < -0.3 is 14.8 Å². The molecule has 1 aliphatic carbocycles. The first-order chi connectivity index (χ1) is 18.6. The highest BCUT2D eigenvalue weighted by atomic mass is 35.5. The molecule has 0 unspecified atom stereocenters. The van der Waals surface area contributed by atoms with Crippen LogP contribution in [0.1, 0.15) is 34.4 Å². The lowest BCUT2D eigenvalue weighted by atomic mass is 9.88. The normalized spacial score (nSPS) is 13.1. The molecule has 0 fully saturated rings. The summed E-state index contributed by atoms with van der Waals surface area (Å²) in [5.41, 5.74) is 4.96. The van der Waals surface area contributed by atoms with Crippen molar-refractivity contribution >= 4 is 39.2 Å². The van der Waals surface area contributed by atoms with E-state index in [0.717, 1.165) is 28.7 Å². The zero-order valence-corrected chi connectivity index (χ0v) is 22.9. The van der Waals surface area contributed by atoms with Gasteiger partial charge in [-0.3, -0.25) is 9.78 Å². The summed E-state index contributed by atoms with van der Waals surface area (Å²) in [6, 6.07) is 11.2. The lowest BCUT2D eigenvalue weighted by Gasteiger charge is -2.20. The predicted octanol–water partition coefficient (Wildman–Crippen LogP) is 4.51. The van der Waals surface area contributed by atoms with Crippen LogP contribution in [0.5, 0.6) is 5.75 Å². The molecule has 4 rings (SSSR count). The van der Waals surface area contributed by atoms with E-state index in [9.17, 15) is 26.4 Å². The lowest BCUT2D eigenvalue weighted by molar-refractivity contribution is -0.192. The number of alkyl halides is 3. The van der Waals surface area contributed by atoms with Gasteiger partial charge >= 0.3 is 12.1 Å². The Morgan fingerprint density at radius 1 is 1.20 bits per heavy atom. The summed E-state index contributed by atoms with van der Waals surface area (Å²) in [7, 11) is -1.68. The fourth-order valence-corrected chi connectivity index (χ4v) is 4.24. The van der Waals surface area contributed by atoms with Crippen molar-refractivity contribution in [1.82, 2.24) is 14.3 Å². The van der Waals surface area contributed by atoms with Crippen LogP contribution < -0.4 is 10.3 Å². The number of pyridine rings is 2. The molecule has 0 saturated heterocycles. The highest BCUT2D eigenvalue weighted by Crippen LogP contribution is 2.33. The Labute approximate surface area is 232 Å². The molecule has 0 bridgehead atoms. The minimum absolute atomic E-state index is 0.210. The molecule has 214 valence electrons. The Balaban J connectivity index is 0.000000559. The molecule has 0 spiro atoms. The Morgan fingerprint density at radius 3 is 2.50 bits per heavy atom. The van der Waals surface area contributed by atoms with Crippen LogP contribution in [0.2, 0.25) is 5.02 Å². The summed E-state index contributed by atoms with van der Waals surface area (Å²) >= 11 is 5.89. The molecule has 1 aliphatic rings. The van der Waals surface area contributed by atoms with Crippen LogP contribution in [-0.2, 0) is 34.4 Å². The number of benzene rings is 1. The smallest absolute Gasteiger partial charge is 0.486 e. The number of H-pyrrole nitrogens is 1. The molecule has 1 aromatic carbocycles. The summed E-state index contributed by atoms with van der Waals surface area (Å²) in [5.74, 6) is -2.26. The van der Waals surface area contributed by atoms with Crippen LogP contribution in [0.25, 0.3) is 11.6 Å². The molecule has 0 amide bonds. The summed E-state index contributed by atoms with van der Waals surface area (Å²) in [5, 5.41) is 7.67. The Hall–Kier alpha value is -3.68. The molecular weight excluding hydrogens is 575 g/mol. The van der Waals surface area contributed by atoms with E-state index >= 15 is 0 Å². The maximum Gasteiger partial charge on any atom is 0.490 e. The lowest BCUT2D eigenvalue weighted by Crippen LogP contribution is -2.25. The first kappa shape index (κ1) is 30.9. The van der Waals surface area contributed by atoms with Crippen molar-refractivity contribution in [2.45, 2.75) is 32.2 Å². The number of halogens is 4. The molecule has 0 aliphatic heterocycles. The van der Waals surface area contributed by atoms with E-state index in [1.165, 1.54) is 10.6 Å². The number of rotatable bonds is 7. The molecule has 2 aromatic heterocycles. The zero-order valence-electron chi connectivity index (χ0n) is 21.3. The van der Waals surface area contributed by atoms with Crippen molar-refractivity contribution in [3.8, 4) is 5.75 Å². The van der Waals surface area contributed by atoms with E-state index in [1.54, 1.807) is 37.6 Å². The fourth-order valence-electron chi connectivity index (χ4n) is 3.74. The number of carboxylic acid groups (broad SMARTS) is 1. The average Bonchev–Trinajstić information content (AvgIpc) is 2.87. The van der Waals surface area contributed by atoms with Crippen molar-refractivity contribution < 1.29 is 36.2 Å². The number of nitrogens with zero attached hydrogens (tertiary/aromatic N) is 2. The number of carbonyl (C=O) groups is 1. The predicted molar refractivity (Wildman–Crippen MR) is 143 cm³/mol. The van der Waals surface area contributed by atoms with Gasteiger partial charge in [0.1, 0.15) is 12.4 Å². The van der Waals surface area contributed by atoms with Crippen molar-refractivity contribution in [3.63, 3.8) is 0 Å². The highest BCUT2D eigenvalue weighted by Gasteiger charge is 2.38. The van der Waals surface area contributed by atoms with Gasteiger partial charge in [0, 0.05) is 26.0 Å². The summed E-state index contributed by atoms with van der Waals surface area (Å²) < 4.78 is 62.4. The maximum atomic E-state index is 12.7. The van der Waals surface area contributed by atoms with E-state index in [1.807, 2.05) is 24.3 Å². The van der Waals surface area contributed by atoms with E-state index in [-0.39, 0.29) is 12.2 Å². The Morgan fingerprint density at radius 2 is 1.90 bits per heavy atom. The number of fused-ring (bicyclic) bond motifs is 1. The number of carboxylic acids is 1. The van der Waals surface area contributed by atoms with Crippen LogP contribution >= 0.6 is 11.6 Å². The summed E-state index contributed by atoms with van der Waals surface area (Å²) in [6.45, 7) is 0.534. The van der Waals surface area contributed by atoms with Gasteiger partial charge in [0.05, 0.1) is 22.5 Å². The molecule has 0 radical (unpaired) electrons. The van der Waals surface area contributed by atoms with Crippen molar-refractivity contribution in [1.29, 1.82) is 0 Å². The number of sulfonamides is 1. The third kappa shape index (κ3) is 8.41. The van der Waals surface area contributed by atoms with Gasteiger partial charge in [-0.2, -0.15) is 13.2 Å². The third-order valence-electron chi connectivity index (χ3n) is 5.82. The third-order valence-corrected chi connectivity index (χ3v) is 7.31. The van der Waals surface area contributed by atoms with Crippen molar-refractivity contribution in [2.75, 3.05) is 13.3 Å². The minimum Gasteiger partial charge on any atom is -0.486 e. The molecule has 2 N–H and O–H groups in total. The molecule has 0 atom stereocenters. The fraction of sp³-hybridized carbons (Fsp3) is 0.269. The molecule has 3 aromatic rings. The standard InChI is InChI=1S/C24H24ClN3O4S.C2HF3O2/c1-28(33(2,30)31)14-16-3-4-18-12-19(6-5-17(18)11-16)23-22(9-10-26-24(23)29)32-15-21-8-7-20(25)13-27-21;3-2(4,5)1(6)7/h3-4,7-13H,5-6,14-15H2,1-2H3,(H,26,29);(H,6,7). The number of hydrogen-bond acceptors (Lipinski definition) is 6. The van der Waals surface area contributed by atoms with Gasteiger partial charge in [0.2, 0.25) is 10.0 Å². The topological polar surface area (TPSA) is 130 Å². The number of nitrogens with one attached hydrogen (secondary N) is 1. The minimum atomic E-state index is -5.08. The van der Waals surface area contributed by atoms with Crippen LogP contribution in [-0.4, -0.2) is 53.2 Å². The van der Waals surface area contributed by atoms with Gasteiger partial charge in [-0.15, -0.1) is 0 Å². The second-order valence-electron chi connectivity index (χ2n) is 8.83. The Kier molecular flexibility index (Phi) is 9.77. The van der Waals surface area contributed by atoms with Crippen LogP contribution in [0.4, 0.5) is 13.2 Å². The zero-order chi connectivity index (χ0) is 29.7. The largest absolute Gasteiger partial charge is 0.490 e. The second kappa shape index (κ2) is 12.7. The number of aryl methyl sites for hydroxylation is 1. The average molecular weight is 600 g/mol. The number of allylic oxidation sites excluding steroid dienone is 1. The number of hydrogen-bond donors (Lipinski definition) is 2. The number of aromatic amines is 1. The molecule has 9 nitrogen and oxygen atoms in total. The van der Waals surface area contributed by atoms with E-state index in [4.69, 9.17) is 26.2 Å². The van der Waals surface area contributed by atoms with Crippen molar-refractivity contribution in [2.24, 2.45) is 0 Å². The van der Waals surface area contributed by atoms with Crippen LogP contribution in [0.3, 0.4) is 0 Å². The summed E-state index contributed by atoms with van der Waals surface area (Å²) in [6.07, 6.45) is 2.65. The first-order valence-corrected chi connectivity index (χ1v) is 13.9. The van der Waals surface area contributed by atoms with E-state index in [2.05, 4.69) is 9.97 Å². The molecular formula is C26H25ClF3N3O6S. The number of aliphatic carboxylic acids is 1. The van der Waals surface area contributed by atoms with Crippen LogP contribution in [0, 0.1) is 0 Å². The first-order valence-electron chi connectivity index (χ1n) is 11.6. The maximum absolute atomic E-state index is 12.7. The quantitative estimate of drug-likeness (QED) is 0.409. The van der Waals surface area contributed by atoms with Gasteiger partial charge in [-0.25, -0.2) is 17.5 Å². The van der Waals surface area contributed by atoms with Gasteiger partial charge in [-0.1, -0.05) is 35.9 Å². The van der Waals surface area contributed by atoms with E-state index < -0.39 is 22.2 Å². The van der Waals surface area contributed by atoms with Gasteiger partial charge in [-0.05, 0) is 53.3 Å². The summed E-state index contributed by atoms with van der Waals surface area (Å²) in [4.78, 5) is 28.6. The SMILES string of the molecule is CN(Cc1ccc2c(c1)CCC(c1c(OCc3ccc(Cl)cn3)cc[nH]c1=O)=C2)S(C)(=O)=O.O=C(O)C(F)(F)F. The van der Waals surface area contributed by atoms with Crippen LogP contribution in [0.15, 0.2) is 53.6 Å². The Bertz CT molecular complexity index is 1570. The number of ether oxygens (including phenoxy) is 1. The molecule has 0 saturated carbocycles. The van der Waals surface area contributed by atoms with Crippen molar-refractivity contribution in [3.05, 3.63) is 92.1 Å². The molecule has 2 heterocycles. The monoisotopic (exact) mass is 599 g/mol. The molecule has 14 heteroatoms. The van der Waals surface area contributed by atoms with Gasteiger partial charge in [0.25, 0.3) is 5.56 Å². The van der Waals surface area contributed by atoms with E-state index in [0.29, 0.717) is 35.0 Å². The number of aromatic nitrogens is 2. The molecule has 40 heavy (non-hydrogen) atoms. The highest BCUT2D eigenvalue weighted by molar-refractivity contribution is 7.88. The van der Waals surface area contributed by atoms with Gasteiger partial charge in [0.15, 0.2) is 0 Å². The second-order valence-corrected chi connectivity index (χ2v) is 11.4.